The zero-order valence-electron chi connectivity index (χ0n) is 10.5. The van der Waals surface area contributed by atoms with Crippen molar-refractivity contribution < 1.29 is 4.79 Å². The molecule has 0 radical (unpaired) electrons. The van der Waals surface area contributed by atoms with Crippen molar-refractivity contribution in [3.05, 3.63) is 71.8 Å². The Labute approximate surface area is 111 Å². The molecule has 3 nitrogen and oxygen atoms in total. The van der Waals surface area contributed by atoms with Crippen LogP contribution in [-0.2, 0) is 0 Å². The average Bonchev–Trinajstić information content (AvgIpc) is 2.46. The third-order valence-corrected chi connectivity index (χ3v) is 3.06. The first-order chi connectivity index (χ1) is 9.25. The van der Waals surface area contributed by atoms with Crippen LogP contribution in [0.4, 0.5) is 0 Å². The number of aryl methyl sites for hydroxylation is 1. The van der Waals surface area contributed by atoms with Gasteiger partial charge in [-0.05, 0) is 30.0 Å². The second kappa shape index (κ2) is 4.61. The highest BCUT2D eigenvalue weighted by Gasteiger charge is 2.12. The summed E-state index contributed by atoms with van der Waals surface area (Å²) in [5.74, 6) is -0.00648. The number of hydrogen-bond donors (Lipinski definition) is 0. The SMILES string of the molecule is Cc1cncc(C(=O)c2cccc3cnccc23)c1. The lowest BCUT2D eigenvalue weighted by Gasteiger charge is -2.05. The summed E-state index contributed by atoms with van der Waals surface area (Å²) in [5, 5.41) is 1.89. The van der Waals surface area contributed by atoms with E-state index in [9.17, 15) is 4.79 Å². The molecule has 0 unspecified atom stereocenters. The Morgan fingerprint density at radius 2 is 1.95 bits per heavy atom. The molecule has 0 saturated heterocycles. The van der Waals surface area contributed by atoms with Crippen molar-refractivity contribution in [1.29, 1.82) is 0 Å². The number of aromatic nitrogens is 2. The fourth-order valence-electron chi connectivity index (χ4n) is 2.16. The topological polar surface area (TPSA) is 42.9 Å². The molecule has 2 heterocycles. The van der Waals surface area contributed by atoms with E-state index in [1.807, 2.05) is 37.3 Å². The minimum Gasteiger partial charge on any atom is -0.289 e. The van der Waals surface area contributed by atoms with E-state index in [0.717, 1.165) is 16.3 Å². The number of carbonyl (C=O) groups is 1. The maximum atomic E-state index is 12.6. The van der Waals surface area contributed by atoms with Crippen LogP contribution in [0, 0.1) is 6.92 Å². The second-order valence-corrected chi connectivity index (χ2v) is 4.48. The van der Waals surface area contributed by atoms with Crippen LogP contribution in [0.1, 0.15) is 21.5 Å². The van der Waals surface area contributed by atoms with Gasteiger partial charge in [-0.3, -0.25) is 14.8 Å². The first-order valence-corrected chi connectivity index (χ1v) is 6.05. The summed E-state index contributed by atoms with van der Waals surface area (Å²) >= 11 is 0. The molecule has 3 heteroatoms. The molecule has 0 N–H and O–H groups in total. The van der Waals surface area contributed by atoms with Gasteiger partial charge in [0.1, 0.15) is 0 Å². The maximum Gasteiger partial charge on any atom is 0.195 e. The number of fused-ring (bicyclic) bond motifs is 1. The molecule has 0 bridgehead atoms. The highest BCUT2D eigenvalue weighted by molar-refractivity contribution is 6.16. The molecule has 0 fully saturated rings. The van der Waals surface area contributed by atoms with Crippen LogP contribution in [-0.4, -0.2) is 15.8 Å². The molecule has 0 atom stereocenters. The molecule has 3 aromatic rings. The van der Waals surface area contributed by atoms with Gasteiger partial charge in [0.25, 0.3) is 0 Å². The Morgan fingerprint density at radius 3 is 2.79 bits per heavy atom. The molecule has 0 aliphatic rings. The lowest BCUT2D eigenvalue weighted by Crippen LogP contribution is -2.03. The average molecular weight is 248 g/mol. The summed E-state index contributed by atoms with van der Waals surface area (Å²) in [4.78, 5) is 20.7. The third-order valence-electron chi connectivity index (χ3n) is 3.06. The minimum atomic E-state index is -0.00648. The van der Waals surface area contributed by atoms with Crippen LogP contribution in [0.15, 0.2) is 55.1 Å². The van der Waals surface area contributed by atoms with Crippen molar-refractivity contribution in [3.63, 3.8) is 0 Å². The lowest BCUT2D eigenvalue weighted by atomic mass is 9.99. The summed E-state index contributed by atoms with van der Waals surface area (Å²) in [7, 11) is 0. The highest BCUT2D eigenvalue weighted by atomic mass is 16.1. The standard InChI is InChI=1S/C16H12N2O/c1-11-7-13(10-18-8-11)16(19)15-4-2-3-12-9-17-6-5-14(12)15/h2-10H,1H3. The number of benzene rings is 1. The first-order valence-electron chi connectivity index (χ1n) is 6.05. The summed E-state index contributed by atoms with van der Waals surface area (Å²) in [6.07, 6.45) is 6.81. The van der Waals surface area contributed by atoms with Gasteiger partial charge in [-0.2, -0.15) is 0 Å². The summed E-state index contributed by atoms with van der Waals surface area (Å²) in [6, 6.07) is 9.39. The van der Waals surface area contributed by atoms with Gasteiger partial charge < -0.3 is 0 Å². The largest absolute Gasteiger partial charge is 0.289 e. The zero-order chi connectivity index (χ0) is 13.2. The molecule has 19 heavy (non-hydrogen) atoms. The van der Waals surface area contributed by atoms with Gasteiger partial charge in [-0.1, -0.05) is 18.2 Å². The number of pyridine rings is 2. The third kappa shape index (κ3) is 2.10. The molecule has 0 aliphatic heterocycles. The number of rotatable bonds is 2. The van der Waals surface area contributed by atoms with Crippen LogP contribution < -0.4 is 0 Å². The Kier molecular flexibility index (Phi) is 2.80. The van der Waals surface area contributed by atoms with Gasteiger partial charge in [0, 0.05) is 41.3 Å². The van der Waals surface area contributed by atoms with Crippen LogP contribution in [0.25, 0.3) is 10.8 Å². The predicted molar refractivity (Wildman–Crippen MR) is 74.1 cm³/mol. The summed E-state index contributed by atoms with van der Waals surface area (Å²) < 4.78 is 0. The van der Waals surface area contributed by atoms with E-state index in [1.54, 1.807) is 24.8 Å². The summed E-state index contributed by atoms with van der Waals surface area (Å²) in [6.45, 7) is 1.93. The van der Waals surface area contributed by atoms with Gasteiger partial charge in [0.2, 0.25) is 0 Å². The fraction of sp³-hybridized carbons (Fsp3) is 0.0625. The van der Waals surface area contributed by atoms with E-state index in [4.69, 9.17) is 0 Å². The minimum absolute atomic E-state index is 0.00648. The fourth-order valence-corrected chi connectivity index (χ4v) is 2.16. The van der Waals surface area contributed by atoms with Crippen molar-refractivity contribution in [1.82, 2.24) is 9.97 Å². The van der Waals surface area contributed by atoms with Gasteiger partial charge in [0.15, 0.2) is 5.78 Å². The van der Waals surface area contributed by atoms with Crippen LogP contribution in [0.3, 0.4) is 0 Å². The van der Waals surface area contributed by atoms with E-state index >= 15 is 0 Å². The smallest absolute Gasteiger partial charge is 0.195 e. The highest BCUT2D eigenvalue weighted by Crippen LogP contribution is 2.20. The molecular weight excluding hydrogens is 236 g/mol. The number of carbonyl (C=O) groups excluding carboxylic acids is 1. The van der Waals surface area contributed by atoms with Gasteiger partial charge in [-0.15, -0.1) is 0 Å². The number of nitrogens with zero attached hydrogens (tertiary/aromatic N) is 2. The second-order valence-electron chi connectivity index (χ2n) is 4.48. The Morgan fingerprint density at radius 1 is 1.05 bits per heavy atom. The molecule has 0 saturated carbocycles. The molecule has 0 aliphatic carbocycles. The number of ketones is 1. The predicted octanol–water partition coefficient (Wildman–Crippen LogP) is 3.17. The van der Waals surface area contributed by atoms with E-state index in [0.29, 0.717) is 11.1 Å². The van der Waals surface area contributed by atoms with Crippen molar-refractivity contribution in [2.45, 2.75) is 6.92 Å². The van der Waals surface area contributed by atoms with Crippen molar-refractivity contribution in [2.24, 2.45) is 0 Å². The van der Waals surface area contributed by atoms with E-state index in [2.05, 4.69) is 9.97 Å². The quantitative estimate of drug-likeness (QED) is 0.654. The van der Waals surface area contributed by atoms with Gasteiger partial charge in [-0.25, -0.2) is 0 Å². The zero-order valence-corrected chi connectivity index (χ0v) is 10.5. The Bertz CT molecular complexity index is 760. The van der Waals surface area contributed by atoms with E-state index in [1.165, 1.54) is 0 Å². The lowest BCUT2D eigenvalue weighted by molar-refractivity contribution is 0.104. The molecule has 0 spiro atoms. The number of hydrogen-bond acceptors (Lipinski definition) is 3. The monoisotopic (exact) mass is 248 g/mol. The van der Waals surface area contributed by atoms with Crippen LogP contribution in [0.5, 0.6) is 0 Å². The molecular formula is C16H12N2O. The Hall–Kier alpha value is -2.55. The van der Waals surface area contributed by atoms with Crippen LogP contribution in [0.2, 0.25) is 0 Å². The van der Waals surface area contributed by atoms with Gasteiger partial charge in [0.05, 0.1) is 0 Å². The maximum absolute atomic E-state index is 12.6. The normalized spacial score (nSPS) is 10.6. The molecule has 2 aromatic heterocycles. The van der Waals surface area contributed by atoms with Crippen LogP contribution >= 0.6 is 0 Å². The molecule has 1 aromatic carbocycles. The first kappa shape index (κ1) is 11.5. The van der Waals surface area contributed by atoms with Crippen molar-refractivity contribution in [3.8, 4) is 0 Å². The van der Waals surface area contributed by atoms with E-state index in [-0.39, 0.29) is 5.78 Å². The molecule has 92 valence electrons. The van der Waals surface area contributed by atoms with Crippen molar-refractivity contribution >= 4 is 16.6 Å². The molecule has 3 rings (SSSR count). The van der Waals surface area contributed by atoms with Crippen molar-refractivity contribution in [2.75, 3.05) is 0 Å². The van der Waals surface area contributed by atoms with E-state index < -0.39 is 0 Å². The summed E-state index contributed by atoms with van der Waals surface area (Å²) in [5.41, 5.74) is 2.28. The Balaban J connectivity index is 2.17. The van der Waals surface area contributed by atoms with Gasteiger partial charge >= 0.3 is 0 Å². The molecule has 0 amide bonds.